The van der Waals surface area contributed by atoms with Crippen LogP contribution in [0.25, 0.3) is 11.4 Å². The molecule has 31 heavy (non-hydrogen) atoms. The largest absolute Gasteiger partial charge is 0.494 e. The summed E-state index contributed by atoms with van der Waals surface area (Å²) in [4.78, 5) is 6.61. The number of hydrogen-bond donors (Lipinski definition) is 0. The molecule has 0 N–H and O–H groups in total. The van der Waals surface area contributed by atoms with Crippen LogP contribution in [0.15, 0.2) is 59.1 Å². The predicted octanol–water partition coefficient (Wildman–Crippen LogP) is 2.78. The van der Waals surface area contributed by atoms with Crippen molar-refractivity contribution in [3.05, 3.63) is 66.1 Å². The van der Waals surface area contributed by atoms with Crippen molar-refractivity contribution >= 4 is 10.0 Å². The number of hydrogen-bond acceptors (Lipinski definition) is 7. The summed E-state index contributed by atoms with van der Waals surface area (Å²) < 4.78 is 37.8. The molecule has 0 radical (unpaired) electrons. The third-order valence-electron chi connectivity index (χ3n) is 5.17. The smallest absolute Gasteiger partial charge is 0.241 e. The molecule has 1 aromatic heterocycles. The zero-order valence-corrected chi connectivity index (χ0v) is 18.3. The van der Waals surface area contributed by atoms with Gasteiger partial charge in [-0.1, -0.05) is 35.5 Å². The molecule has 1 fully saturated rings. The van der Waals surface area contributed by atoms with Crippen LogP contribution in [-0.2, 0) is 22.3 Å². The molecule has 3 aromatic rings. The van der Waals surface area contributed by atoms with Crippen molar-refractivity contribution in [3.63, 3.8) is 0 Å². The summed E-state index contributed by atoms with van der Waals surface area (Å²) in [7, 11) is -3.33. The van der Waals surface area contributed by atoms with E-state index in [4.69, 9.17) is 9.26 Å². The summed E-state index contributed by atoms with van der Waals surface area (Å²) in [5.41, 5.74) is 1.66. The Kier molecular flexibility index (Phi) is 6.64. The molecule has 2 aromatic carbocycles. The minimum absolute atomic E-state index is 0.0307. The average Bonchev–Trinajstić information content (AvgIpc) is 3.24. The first-order valence-electron chi connectivity index (χ1n) is 10.3. The molecule has 0 aliphatic carbocycles. The number of ether oxygens (including phenoxy) is 1. The monoisotopic (exact) mass is 442 g/mol. The Morgan fingerprint density at radius 3 is 2.39 bits per heavy atom. The highest BCUT2D eigenvalue weighted by molar-refractivity contribution is 7.88. The third-order valence-corrected chi connectivity index (χ3v) is 7.02. The van der Waals surface area contributed by atoms with Gasteiger partial charge in [0.1, 0.15) is 5.75 Å². The standard InChI is InChI=1S/C22H26N4O4S/c1-2-29-20-10-8-19(9-11-20)22-23-21(30-24-22)16-25-12-14-26(15-13-25)31(27,28)17-18-6-4-3-5-7-18/h3-11H,2,12-17H2,1H3. The Bertz CT molecular complexity index is 1080. The van der Waals surface area contributed by atoms with E-state index in [1.54, 1.807) is 4.31 Å². The van der Waals surface area contributed by atoms with E-state index < -0.39 is 10.0 Å². The maximum atomic E-state index is 12.7. The Morgan fingerprint density at radius 2 is 1.71 bits per heavy atom. The zero-order valence-electron chi connectivity index (χ0n) is 17.5. The fraction of sp³-hybridized carbons (Fsp3) is 0.364. The van der Waals surface area contributed by atoms with Gasteiger partial charge in [-0.25, -0.2) is 8.42 Å². The van der Waals surface area contributed by atoms with Crippen LogP contribution in [0.2, 0.25) is 0 Å². The van der Waals surface area contributed by atoms with Gasteiger partial charge in [-0.05, 0) is 36.8 Å². The first-order chi connectivity index (χ1) is 15.0. The molecular formula is C22H26N4O4S. The summed E-state index contributed by atoms with van der Waals surface area (Å²) in [6, 6.07) is 16.8. The van der Waals surface area contributed by atoms with Gasteiger partial charge in [-0.2, -0.15) is 9.29 Å². The first kappa shape index (κ1) is 21.5. The highest BCUT2D eigenvalue weighted by Crippen LogP contribution is 2.21. The van der Waals surface area contributed by atoms with Gasteiger partial charge >= 0.3 is 0 Å². The van der Waals surface area contributed by atoms with E-state index in [1.807, 2.05) is 61.5 Å². The van der Waals surface area contributed by atoms with E-state index in [-0.39, 0.29) is 5.75 Å². The van der Waals surface area contributed by atoms with Crippen molar-refractivity contribution in [1.82, 2.24) is 19.3 Å². The van der Waals surface area contributed by atoms with Crippen LogP contribution in [0.3, 0.4) is 0 Å². The van der Waals surface area contributed by atoms with Crippen LogP contribution >= 0.6 is 0 Å². The zero-order chi connectivity index (χ0) is 21.7. The molecule has 4 rings (SSSR count). The van der Waals surface area contributed by atoms with E-state index in [1.165, 1.54) is 0 Å². The van der Waals surface area contributed by atoms with E-state index >= 15 is 0 Å². The molecule has 0 unspecified atom stereocenters. The van der Waals surface area contributed by atoms with Gasteiger partial charge in [0.2, 0.25) is 21.7 Å². The minimum atomic E-state index is -3.33. The maximum absolute atomic E-state index is 12.7. The molecule has 0 atom stereocenters. The highest BCUT2D eigenvalue weighted by Gasteiger charge is 2.27. The van der Waals surface area contributed by atoms with Gasteiger partial charge < -0.3 is 9.26 Å². The SMILES string of the molecule is CCOc1ccc(-c2noc(CN3CCN(S(=O)(=O)Cc4ccccc4)CC3)n2)cc1. The molecule has 0 amide bonds. The summed E-state index contributed by atoms with van der Waals surface area (Å²) in [6.07, 6.45) is 0. The van der Waals surface area contributed by atoms with Crippen LogP contribution in [0.1, 0.15) is 18.4 Å². The number of sulfonamides is 1. The fourth-order valence-electron chi connectivity index (χ4n) is 3.54. The second kappa shape index (κ2) is 9.59. The Morgan fingerprint density at radius 1 is 1.00 bits per heavy atom. The molecule has 9 heteroatoms. The van der Waals surface area contributed by atoms with Crippen molar-refractivity contribution in [1.29, 1.82) is 0 Å². The maximum Gasteiger partial charge on any atom is 0.241 e. The minimum Gasteiger partial charge on any atom is -0.494 e. The molecule has 0 bridgehead atoms. The van der Waals surface area contributed by atoms with Gasteiger partial charge in [-0.15, -0.1) is 0 Å². The average molecular weight is 443 g/mol. The lowest BCUT2D eigenvalue weighted by atomic mass is 10.2. The number of rotatable bonds is 8. The molecule has 2 heterocycles. The van der Waals surface area contributed by atoms with Crippen LogP contribution < -0.4 is 4.74 Å². The summed E-state index contributed by atoms with van der Waals surface area (Å²) in [5, 5.41) is 4.07. The molecule has 164 valence electrons. The second-order valence-corrected chi connectivity index (χ2v) is 9.36. The van der Waals surface area contributed by atoms with E-state index in [0.717, 1.165) is 16.9 Å². The van der Waals surface area contributed by atoms with Crippen LogP contribution in [-0.4, -0.2) is 60.5 Å². The topological polar surface area (TPSA) is 88.8 Å². The second-order valence-electron chi connectivity index (χ2n) is 7.39. The van der Waals surface area contributed by atoms with Gasteiger partial charge in [0.25, 0.3) is 0 Å². The van der Waals surface area contributed by atoms with Crippen molar-refractivity contribution in [2.75, 3.05) is 32.8 Å². The van der Waals surface area contributed by atoms with Crippen molar-refractivity contribution in [2.45, 2.75) is 19.2 Å². The molecule has 1 aliphatic rings. The summed E-state index contributed by atoms with van der Waals surface area (Å²) >= 11 is 0. The van der Waals surface area contributed by atoms with E-state index in [0.29, 0.717) is 51.0 Å². The summed E-state index contributed by atoms with van der Waals surface area (Å²) in [6.45, 7) is 5.20. The number of nitrogens with zero attached hydrogens (tertiary/aromatic N) is 4. The van der Waals surface area contributed by atoms with Gasteiger partial charge in [0.05, 0.1) is 18.9 Å². The number of piperazine rings is 1. The van der Waals surface area contributed by atoms with E-state index in [2.05, 4.69) is 15.0 Å². The van der Waals surface area contributed by atoms with Gasteiger partial charge in [0.15, 0.2) is 0 Å². The molecule has 1 saturated heterocycles. The van der Waals surface area contributed by atoms with Gasteiger partial charge in [0, 0.05) is 31.7 Å². The van der Waals surface area contributed by atoms with E-state index in [9.17, 15) is 8.42 Å². The van der Waals surface area contributed by atoms with Gasteiger partial charge in [-0.3, -0.25) is 4.90 Å². The Balaban J connectivity index is 1.31. The molecule has 8 nitrogen and oxygen atoms in total. The molecule has 1 aliphatic heterocycles. The first-order valence-corrected chi connectivity index (χ1v) is 11.9. The third kappa shape index (κ3) is 5.49. The van der Waals surface area contributed by atoms with Crippen LogP contribution in [0.5, 0.6) is 5.75 Å². The van der Waals surface area contributed by atoms with Crippen molar-refractivity contribution in [3.8, 4) is 17.1 Å². The Hall–Kier alpha value is -2.75. The lowest BCUT2D eigenvalue weighted by Gasteiger charge is -2.33. The molecular weight excluding hydrogens is 416 g/mol. The number of benzene rings is 2. The summed E-state index contributed by atoms with van der Waals surface area (Å²) in [5.74, 6) is 1.88. The number of aromatic nitrogens is 2. The molecule has 0 saturated carbocycles. The van der Waals surface area contributed by atoms with Crippen molar-refractivity contribution in [2.24, 2.45) is 0 Å². The van der Waals surface area contributed by atoms with Crippen LogP contribution in [0.4, 0.5) is 0 Å². The lowest BCUT2D eigenvalue weighted by molar-refractivity contribution is 0.163. The fourth-order valence-corrected chi connectivity index (χ4v) is 5.05. The quantitative estimate of drug-likeness (QED) is 0.530. The normalized spacial score (nSPS) is 15.8. The predicted molar refractivity (Wildman–Crippen MR) is 117 cm³/mol. The van der Waals surface area contributed by atoms with Crippen LogP contribution in [0, 0.1) is 0 Å². The Labute approximate surface area is 182 Å². The lowest BCUT2D eigenvalue weighted by Crippen LogP contribution is -2.48. The highest BCUT2D eigenvalue weighted by atomic mass is 32.2. The van der Waals surface area contributed by atoms with Crippen molar-refractivity contribution < 1.29 is 17.7 Å². The molecule has 0 spiro atoms.